The van der Waals surface area contributed by atoms with Crippen LogP contribution in [0.2, 0.25) is 0 Å². The predicted molar refractivity (Wildman–Crippen MR) is 259 cm³/mol. The minimum absolute atomic E-state index is 0. The van der Waals surface area contributed by atoms with Crippen molar-refractivity contribution in [1.29, 1.82) is 0 Å². The molecule has 4 aromatic rings. The van der Waals surface area contributed by atoms with Crippen LogP contribution in [-0.2, 0) is 22.7 Å². The second kappa shape index (κ2) is 25.0. The van der Waals surface area contributed by atoms with Crippen molar-refractivity contribution in [3.63, 3.8) is 0 Å². The fraction of sp³-hybridized carbons (Fsp3) is 0.545. The number of thiol groups is 2. The first kappa shape index (κ1) is 51.9. The van der Waals surface area contributed by atoms with E-state index in [2.05, 4.69) is 71.1 Å². The standard InChI is InChI=1S/2C22H30N4OS.4ClH/c2*23-18(15-28)22(27)26-12-11-25-14-19(17-9-5-2-6-10-17)24-21(25)20(26)13-16-7-3-1-4-8-16;;;;/h2*2,5-6,9-10,14,16,18,20,28H,1,3-4,7-8,11-13,15,23H2;4*1H/t2*18-,20-;;;;/m00..../s1. The number of carbonyl (C=O) groups is 2. The average Bonchev–Trinajstić information content (AvgIpc) is 3.90. The summed E-state index contributed by atoms with van der Waals surface area (Å²) in [6.45, 7) is 2.91. The molecule has 2 aliphatic carbocycles. The smallest absolute Gasteiger partial charge is 0.241 e. The molecule has 60 heavy (non-hydrogen) atoms. The van der Waals surface area contributed by atoms with Gasteiger partial charge in [-0.2, -0.15) is 25.3 Å². The number of aromatic nitrogens is 4. The first-order valence-corrected chi connectivity index (χ1v) is 22.2. The number of carbonyl (C=O) groups excluding carboxylic acids is 2. The van der Waals surface area contributed by atoms with Crippen molar-refractivity contribution >= 4 is 86.7 Å². The number of amides is 2. The number of hydrogen-bond donors (Lipinski definition) is 4. The highest BCUT2D eigenvalue weighted by molar-refractivity contribution is 7.80. The number of nitrogens with zero attached hydrogens (tertiary/aromatic N) is 6. The van der Waals surface area contributed by atoms with E-state index in [0.29, 0.717) is 36.4 Å². The van der Waals surface area contributed by atoms with Crippen molar-refractivity contribution in [2.75, 3.05) is 24.6 Å². The van der Waals surface area contributed by atoms with Gasteiger partial charge in [-0.25, -0.2) is 9.97 Å². The zero-order chi connectivity index (χ0) is 39.0. The second-order valence-electron chi connectivity index (χ2n) is 16.2. The number of fused-ring (bicyclic) bond motifs is 2. The topological polar surface area (TPSA) is 128 Å². The number of imidazole rings is 2. The molecule has 2 saturated carbocycles. The summed E-state index contributed by atoms with van der Waals surface area (Å²) in [5, 5.41) is 0. The highest BCUT2D eigenvalue weighted by Crippen LogP contribution is 2.39. The predicted octanol–water partition coefficient (Wildman–Crippen LogP) is 9.01. The van der Waals surface area contributed by atoms with Crippen LogP contribution in [0.1, 0.15) is 101 Å². The maximum Gasteiger partial charge on any atom is 0.241 e. The lowest BCUT2D eigenvalue weighted by Crippen LogP contribution is -2.50. The molecule has 0 bridgehead atoms. The first-order valence-electron chi connectivity index (χ1n) is 20.9. The normalized spacial score (nSPS) is 19.9. The minimum atomic E-state index is -0.549. The summed E-state index contributed by atoms with van der Waals surface area (Å²) >= 11 is 8.50. The molecule has 0 radical (unpaired) electrons. The maximum atomic E-state index is 13.0. The van der Waals surface area contributed by atoms with Crippen LogP contribution in [0.5, 0.6) is 0 Å². The van der Waals surface area contributed by atoms with Gasteiger partial charge in [-0.3, -0.25) is 9.59 Å². The summed E-state index contributed by atoms with van der Waals surface area (Å²) in [5.74, 6) is 4.09. The largest absolute Gasteiger partial charge is 0.331 e. The van der Waals surface area contributed by atoms with Crippen LogP contribution in [0.25, 0.3) is 22.5 Å². The van der Waals surface area contributed by atoms with Crippen molar-refractivity contribution < 1.29 is 9.59 Å². The van der Waals surface area contributed by atoms with Gasteiger partial charge in [0.15, 0.2) is 0 Å². The Balaban J connectivity index is 0.000000300. The fourth-order valence-electron chi connectivity index (χ4n) is 9.32. The Morgan fingerprint density at radius 1 is 0.567 bits per heavy atom. The van der Waals surface area contributed by atoms with Crippen molar-refractivity contribution in [2.45, 2.75) is 114 Å². The molecule has 0 unspecified atom stereocenters. The third-order valence-electron chi connectivity index (χ3n) is 12.4. The van der Waals surface area contributed by atoms with Gasteiger partial charge in [0.25, 0.3) is 0 Å². The van der Waals surface area contributed by atoms with E-state index < -0.39 is 12.1 Å². The molecule has 8 rings (SSSR count). The van der Waals surface area contributed by atoms with E-state index in [1.54, 1.807) is 0 Å². The van der Waals surface area contributed by atoms with Gasteiger partial charge in [-0.15, -0.1) is 49.6 Å². The zero-order valence-electron chi connectivity index (χ0n) is 34.3. The zero-order valence-corrected chi connectivity index (χ0v) is 39.4. The second-order valence-corrected chi connectivity index (χ2v) is 17.0. The summed E-state index contributed by atoms with van der Waals surface area (Å²) in [7, 11) is 0. The molecule has 2 aromatic carbocycles. The molecular weight excluding hydrogens is 878 g/mol. The highest BCUT2D eigenvalue weighted by atomic mass is 35.5. The Hall–Kier alpha value is -2.42. The number of benzene rings is 2. The van der Waals surface area contributed by atoms with E-state index in [0.717, 1.165) is 60.1 Å². The lowest BCUT2D eigenvalue weighted by Gasteiger charge is -2.39. The SMILES string of the molecule is Cl.Cl.Cl.Cl.N[C@@H](CS)C(=O)N1CCn2cc(-c3ccccc3)nc2[C@@H]1CC1CCCCC1.N[C@@H](CS)C(=O)N1CCn2cc(-c3ccccc3)nc2[C@@H]1CC1CCCCC1. The molecule has 4 aliphatic rings. The van der Waals surface area contributed by atoms with Crippen LogP contribution < -0.4 is 11.5 Å². The Morgan fingerprint density at radius 2 is 0.917 bits per heavy atom. The molecule has 0 spiro atoms. The summed E-state index contributed by atoms with van der Waals surface area (Å²) in [4.78, 5) is 39.9. The number of nitrogens with two attached hydrogens (primary N) is 2. The van der Waals surface area contributed by atoms with E-state index in [1.165, 1.54) is 64.2 Å². The summed E-state index contributed by atoms with van der Waals surface area (Å²) in [6.07, 6.45) is 19.1. The van der Waals surface area contributed by atoms with Gasteiger partial charge in [-0.1, -0.05) is 125 Å². The molecule has 10 nitrogen and oxygen atoms in total. The van der Waals surface area contributed by atoms with Crippen molar-refractivity contribution in [3.05, 3.63) is 84.7 Å². The Kier molecular flexibility index (Phi) is 21.7. The lowest BCUT2D eigenvalue weighted by molar-refractivity contribution is -0.137. The molecule has 2 aliphatic heterocycles. The summed E-state index contributed by atoms with van der Waals surface area (Å²) < 4.78 is 4.48. The van der Waals surface area contributed by atoms with E-state index >= 15 is 0 Å². The average molecular weight is 943 g/mol. The van der Waals surface area contributed by atoms with Crippen LogP contribution in [0.3, 0.4) is 0 Å². The van der Waals surface area contributed by atoms with E-state index in [9.17, 15) is 9.59 Å². The van der Waals surface area contributed by atoms with Crippen LogP contribution in [0.4, 0.5) is 0 Å². The van der Waals surface area contributed by atoms with Crippen LogP contribution in [0.15, 0.2) is 73.1 Å². The third kappa shape index (κ3) is 12.4. The van der Waals surface area contributed by atoms with Gasteiger partial charge in [0.05, 0.1) is 35.6 Å². The Labute approximate surface area is 392 Å². The molecule has 4 N–H and O–H groups in total. The molecule has 332 valence electrons. The molecule has 2 aromatic heterocycles. The summed E-state index contributed by atoms with van der Waals surface area (Å²) in [5.41, 5.74) is 16.3. The van der Waals surface area contributed by atoms with Gasteiger partial charge >= 0.3 is 0 Å². The Bertz CT molecular complexity index is 1760. The van der Waals surface area contributed by atoms with Gasteiger partial charge in [-0.05, 0) is 24.7 Å². The number of halogens is 4. The quantitative estimate of drug-likeness (QED) is 0.118. The van der Waals surface area contributed by atoms with Crippen LogP contribution >= 0.6 is 74.9 Å². The molecule has 16 heteroatoms. The Morgan fingerprint density at radius 3 is 1.25 bits per heavy atom. The minimum Gasteiger partial charge on any atom is -0.331 e. The highest BCUT2D eigenvalue weighted by Gasteiger charge is 2.38. The van der Waals surface area contributed by atoms with Gasteiger partial charge in [0, 0.05) is 61.2 Å². The van der Waals surface area contributed by atoms with E-state index in [4.69, 9.17) is 21.4 Å². The number of hydrogen-bond acceptors (Lipinski definition) is 8. The molecule has 4 atom stereocenters. The fourth-order valence-corrected chi connectivity index (χ4v) is 9.63. The van der Waals surface area contributed by atoms with Gasteiger partial charge < -0.3 is 30.4 Å². The van der Waals surface area contributed by atoms with Gasteiger partial charge in [0.2, 0.25) is 11.8 Å². The van der Waals surface area contributed by atoms with Crippen LogP contribution in [0, 0.1) is 11.8 Å². The van der Waals surface area contributed by atoms with Gasteiger partial charge in [0.1, 0.15) is 11.6 Å². The number of rotatable bonds is 10. The molecule has 4 heterocycles. The monoisotopic (exact) mass is 940 g/mol. The van der Waals surface area contributed by atoms with Crippen molar-refractivity contribution in [3.8, 4) is 22.5 Å². The first-order chi connectivity index (χ1) is 27.3. The molecule has 0 saturated heterocycles. The van der Waals surface area contributed by atoms with E-state index in [1.807, 2.05) is 46.2 Å². The van der Waals surface area contributed by atoms with Crippen molar-refractivity contribution in [1.82, 2.24) is 28.9 Å². The van der Waals surface area contributed by atoms with Crippen molar-refractivity contribution in [2.24, 2.45) is 23.3 Å². The maximum absolute atomic E-state index is 13.0. The molecule has 2 amide bonds. The third-order valence-corrected chi connectivity index (χ3v) is 13.2. The molecule has 2 fully saturated rings. The molecular formula is C44H64Cl4N8O2S2. The van der Waals surface area contributed by atoms with Crippen LogP contribution in [-0.4, -0.2) is 77.4 Å². The lowest BCUT2D eigenvalue weighted by atomic mass is 9.84. The summed E-state index contributed by atoms with van der Waals surface area (Å²) in [6, 6.07) is 19.4. The van der Waals surface area contributed by atoms with E-state index in [-0.39, 0.29) is 73.5 Å².